The van der Waals surface area contributed by atoms with E-state index in [0.29, 0.717) is 13.2 Å². The maximum atomic E-state index is 11.8. The first kappa shape index (κ1) is 12.7. The summed E-state index contributed by atoms with van der Waals surface area (Å²) in [6.45, 7) is 4.96. The van der Waals surface area contributed by atoms with Crippen molar-refractivity contribution in [1.82, 2.24) is 4.90 Å². The number of nitrogens with zero attached hydrogens (tertiary/aromatic N) is 1. The van der Waals surface area contributed by atoms with Gasteiger partial charge in [0.05, 0.1) is 19.8 Å². The van der Waals surface area contributed by atoms with Gasteiger partial charge in [0.15, 0.2) is 0 Å². The molecule has 0 aromatic heterocycles. The Kier molecular flexibility index (Phi) is 3.75. The smallest absolute Gasteiger partial charge is 0.410 e. The summed E-state index contributed by atoms with van der Waals surface area (Å²) in [5.41, 5.74) is 2.43. The normalized spacial score (nSPS) is 18.2. The summed E-state index contributed by atoms with van der Waals surface area (Å²) in [4.78, 5) is 13.6. The molecule has 1 aliphatic rings. The minimum absolute atomic E-state index is 0.0305. The van der Waals surface area contributed by atoms with Crippen molar-refractivity contribution in [2.75, 3.05) is 20.3 Å². The van der Waals surface area contributed by atoms with E-state index < -0.39 is 0 Å². The predicted octanol–water partition coefficient (Wildman–Crippen LogP) is 2.77. The Labute approximate surface area is 107 Å². The van der Waals surface area contributed by atoms with E-state index in [4.69, 9.17) is 9.47 Å². The highest BCUT2D eigenvalue weighted by atomic mass is 16.6. The molecule has 1 amide bonds. The van der Waals surface area contributed by atoms with E-state index in [0.717, 1.165) is 17.7 Å². The number of amides is 1. The van der Waals surface area contributed by atoms with Crippen LogP contribution >= 0.6 is 0 Å². The van der Waals surface area contributed by atoms with Gasteiger partial charge in [0, 0.05) is 6.54 Å². The van der Waals surface area contributed by atoms with E-state index in [1.54, 1.807) is 12.0 Å². The van der Waals surface area contributed by atoms with E-state index in [-0.39, 0.29) is 12.1 Å². The average molecular weight is 249 g/mol. The number of hydrogen-bond donors (Lipinski definition) is 0. The van der Waals surface area contributed by atoms with Gasteiger partial charge in [-0.15, -0.1) is 0 Å². The number of methoxy groups -OCH3 is 1. The first-order valence-electron chi connectivity index (χ1n) is 6.27. The number of ether oxygens (including phenoxy) is 2. The quantitative estimate of drug-likeness (QED) is 0.809. The van der Waals surface area contributed by atoms with Crippen LogP contribution in [0.4, 0.5) is 4.79 Å². The van der Waals surface area contributed by atoms with Gasteiger partial charge in [0.25, 0.3) is 0 Å². The monoisotopic (exact) mass is 249 g/mol. The van der Waals surface area contributed by atoms with E-state index in [9.17, 15) is 4.79 Å². The van der Waals surface area contributed by atoms with Crippen molar-refractivity contribution in [2.24, 2.45) is 0 Å². The van der Waals surface area contributed by atoms with Gasteiger partial charge in [0.2, 0.25) is 0 Å². The standard InChI is InChI=1S/C14H19NO3/c1-4-18-14(16)15-8-7-11-5-6-12(17-3)9-13(11)10(15)2/h5-6,9-10H,4,7-8H2,1-3H3. The molecule has 2 rings (SSSR count). The summed E-state index contributed by atoms with van der Waals surface area (Å²) in [6, 6.07) is 6.08. The zero-order valence-electron chi connectivity index (χ0n) is 11.1. The Hall–Kier alpha value is -1.71. The van der Waals surface area contributed by atoms with Crippen molar-refractivity contribution in [2.45, 2.75) is 26.3 Å². The topological polar surface area (TPSA) is 38.8 Å². The van der Waals surface area contributed by atoms with Crippen LogP contribution in [0.3, 0.4) is 0 Å². The number of rotatable bonds is 2. The van der Waals surface area contributed by atoms with Gasteiger partial charge in [-0.3, -0.25) is 0 Å². The average Bonchev–Trinajstić information content (AvgIpc) is 2.39. The summed E-state index contributed by atoms with van der Waals surface area (Å²) in [5, 5.41) is 0. The zero-order chi connectivity index (χ0) is 13.1. The highest BCUT2D eigenvalue weighted by Gasteiger charge is 2.28. The molecule has 18 heavy (non-hydrogen) atoms. The number of carbonyl (C=O) groups excluding carboxylic acids is 1. The molecule has 98 valence electrons. The Bertz CT molecular complexity index is 445. The van der Waals surface area contributed by atoms with Crippen molar-refractivity contribution in [3.8, 4) is 5.75 Å². The highest BCUT2D eigenvalue weighted by Crippen LogP contribution is 2.32. The number of carbonyl (C=O) groups is 1. The number of fused-ring (bicyclic) bond motifs is 1. The van der Waals surface area contributed by atoms with Crippen LogP contribution in [0, 0.1) is 0 Å². The molecule has 1 heterocycles. The molecule has 1 aromatic carbocycles. The fraction of sp³-hybridized carbons (Fsp3) is 0.500. The van der Waals surface area contributed by atoms with Gasteiger partial charge in [-0.2, -0.15) is 0 Å². The maximum Gasteiger partial charge on any atom is 0.410 e. The Balaban J connectivity index is 2.26. The Morgan fingerprint density at radius 3 is 2.94 bits per heavy atom. The molecule has 0 bridgehead atoms. The summed E-state index contributed by atoms with van der Waals surface area (Å²) in [6.07, 6.45) is 0.626. The number of benzene rings is 1. The summed E-state index contributed by atoms with van der Waals surface area (Å²) in [5.74, 6) is 0.825. The minimum Gasteiger partial charge on any atom is -0.497 e. The van der Waals surface area contributed by atoms with Crippen LogP contribution in [0.5, 0.6) is 5.75 Å². The lowest BCUT2D eigenvalue weighted by molar-refractivity contribution is 0.0901. The first-order chi connectivity index (χ1) is 8.67. The van der Waals surface area contributed by atoms with Crippen LogP contribution in [-0.2, 0) is 11.2 Å². The van der Waals surface area contributed by atoms with E-state index in [2.05, 4.69) is 6.07 Å². The molecule has 4 heteroatoms. The van der Waals surface area contributed by atoms with Gasteiger partial charge >= 0.3 is 6.09 Å². The zero-order valence-corrected chi connectivity index (χ0v) is 11.1. The molecular formula is C14H19NO3. The molecule has 1 unspecified atom stereocenters. The minimum atomic E-state index is -0.238. The van der Waals surface area contributed by atoms with Crippen molar-refractivity contribution in [1.29, 1.82) is 0 Å². The van der Waals surface area contributed by atoms with Crippen LogP contribution < -0.4 is 4.74 Å². The molecule has 0 N–H and O–H groups in total. The van der Waals surface area contributed by atoms with Crippen molar-refractivity contribution >= 4 is 6.09 Å². The molecule has 0 spiro atoms. The Morgan fingerprint density at radius 2 is 2.28 bits per heavy atom. The van der Waals surface area contributed by atoms with Crippen LogP contribution in [0.2, 0.25) is 0 Å². The Morgan fingerprint density at radius 1 is 1.50 bits per heavy atom. The van der Waals surface area contributed by atoms with Crippen molar-refractivity contribution in [3.63, 3.8) is 0 Å². The second-order valence-electron chi connectivity index (χ2n) is 4.38. The molecule has 1 atom stereocenters. The van der Waals surface area contributed by atoms with E-state index >= 15 is 0 Å². The SMILES string of the molecule is CCOC(=O)N1CCc2ccc(OC)cc2C1C. The van der Waals surface area contributed by atoms with Gasteiger partial charge in [-0.05, 0) is 43.5 Å². The molecule has 0 saturated carbocycles. The van der Waals surface area contributed by atoms with Gasteiger partial charge in [-0.1, -0.05) is 6.07 Å². The molecule has 1 aromatic rings. The van der Waals surface area contributed by atoms with Crippen molar-refractivity contribution in [3.05, 3.63) is 29.3 Å². The van der Waals surface area contributed by atoms with Gasteiger partial charge in [-0.25, -0.2) is 4.79 Å². The van der Waals surface area contributed by atoms with E-state index in [1.807, 2.05) is 26.0 Å². The lowest BCUT2D eigenvalue weighted by Gasteiger charge is -2.34. The second kappa shape index (κ2) is 5.29. The summed E-state index contributed by atoms with van der Waals surface area (Å²) in [7, 11) is 1.65. The summed E-state index contributed by atoms with van der Waals surface area (Å²) >= 11 is 0. The molecule has 0 saturated heterocycles. The third-order valence-electron chi connectivity index (χ3n) is 3.40. The molecule has 0 fully saturated rings. The molecule has 4 nitrogen and oxygen atoms in total. The van der Waals surface area contributed by atoms with Crippen LogP contribution in [-0.4, -0.2) is 31.3 Å². The van der Waals surface area contributed by atoms with Gasteiger partial charge < -0.3 is 14.4 Å². The fourth-order valence-corrected chi connectivity index (χ4v) is 2.37. The molecular weight excluding hydrogens is 230 g/mol. The van der Waals surface area contributed by atoms with E-state index in [1.165, 1.54) is 5.56 Å². The lowest BCUT2D eigenvalue weighted by atomic mass is 9.93. The third kappa shape index (κ3) is 2.28. The lowest BCUT2D eigenvalue weighted by Crippen LogP contribution is -2.39. The maximum absolute atomic E-state index is 11.8. The van der Waals surface area contributed by atoms with Crippen LogP contribution in [0.1, 0.15) is 31.0 Å². The van der Waals surface area contributed by atoms with Crippen LogP contribution in [0.15, 0.2) is 18.2 Å². The number of hydrogen-bond acceptors (Lipinski definition) is 3. The second-order valence-corrected chi connectivity index (χ2v) is 4.38. The highest BCUT2D eigenvalue weighted by molar-refractivity contribution is 5.69. The van der Waals surface area contributed by atoms with Crippen molar-refractivity contribution < 1.29 is 14.3 Å². The van der Waals surface area contributed by atoms with Gasteiger partial charge in [0.1, 0.15) is 5.75 Å². The molecule has 0 aliphatic carbocycles. The van der Waals surface area contributed by atoms with Crippen LogP contribution in [0.25, 0.3) is 0 Å². The largest absolute Gasteiger partial charge is 0.497 e. The fourth-order valence-electron chi connectivity index (χ4n) is 2.37. The first-order valence-corrected chi connectivity index (χ1v) is 6.27. The predicted molar refractivity (Wildman–Crippen MR) is 68.8 cm³/mol. The molecule has 0 radical (unpaired) electrons. The third-order valence-corrected chi connectivity index (χ3v) is 3.40. The molecule has 1 aliphatic heterocycles. The summed E-state index contributed by atoms with van der Waals surface area (Å²) < 4.78 is 10.3.